The molecule has 3 N–H and O–H groups in total. The lowest BCUT2D eigenvalue weighted by molar-refractivity contribution is 0.807. The summed E-state index contributed by atoms with van der Waals surface area (Å²) in [4.78, 5) is 6.50. The Morgan fingerprint density at radius 1 is 0.960 bits per heavy atom. The predicted octanol–water partition coefficient (Wildman–Crippen LogP) is 3.45. The van der Waals surface area contributed by atoms with Gasteiger partial charge in [-0.1, -0.05) is 42.5 Å². The maximum absolute atomic E-state index is 5.90. The van der Waals surface area contributed by atoms with Gasteiger partial charge in [0, 0.05) is 32.9 Å². The number of nitrogens with one attached hydrogen (secondary N) is 1. The molecule has 25 heavy (non-hydrogen) atoms. The fourth-order valence-corrected chi connectivity index (χ4v) is 2.48. The number of guanidine groups is 1. The highest BCUT2D eigenvalue weighted by molar-refractivity contribution is 14.0. The van der Waals surface area contributed by atoms with Crippen molar-refractivity contribution in [3.05, 3.63) is 65.7 Å². The molecule has 0 saturated carbocycles. The standard InChI is InChI=1S/C20H28N4.HI/c1-24(2)19-12-10-18(11-13-19)9-6-15-22-20(21)23-16-14-17-7-4-3-5-8-17;/h3-5,7-8,10-13H,6,9,14-16H2,1-2H3,(H3,21,22,23);1H. The number of rotatable bonds is 8. The van der Waals surface area contributed by atoms with Crippen molar-refractivity contribution in [1.29, 1.82) is 0 Å². The summed E-state index contributed by atoms with van der Waals surface area (Å²) in [5.41, 5.74) is 9.77. The van der Waals surface area contributed by atoms with E-state index in [1.54, 1.807) is 0 Å². The molecule has 0 unspecified atom stereocenters. The van der Waals surface area contributed by atoms with Crippen molar-refractivity contribution < 1.29 is 0 Å². The van der Waals surface area contributed by atoms with E-state index in [1.165, 1.54) is 16.8 Å². The second-order valence-electron chi connectivity index (χ2n) is 6.09. The molecule has 2 aromatic carbocycles. The smallest absolute Gasteiger partial charge is 0.188 e. The molecule has 0 aliphatic heterocycles. The van der Waals surface area contributed by atoms with Crippen molar-refractivity contribution >= 4 is 35.6 Å². The summed E-state index contributed by atoms with van der Waals surface area (Å²) in [7, 11) is 4.11. The minimum absolute atomic E-state index is 0. The Hall–Kier alpha value is -1.76. The number of hydrogen-bond donors (Lipinski definition) is 2. The first kappa shape index (κ1) is 21.3. The molecule has 136 valence electrons. The average molecular weight is 452 g/mol. The third-order valence-corrected chi connectivity index (χ3v) is 3.92. The minimum atomic E-state index is 0. The van der Waals surface area contributed by atoms with Gasteiger partial charge < -0.3 is 16.0 Å². The van der Waals surface area contributed by atoms with Crippen LogP contribution in [-0.2, 0) is 12.8 Å². The van der Waals surface area contributed by atoms with E-state index in [-0.39, 0.29) is 24.0 Å². The first-order valence-corrected chi connectivity index (χ1v) is 8.49. The Morgan fingerprint density at radius 3 is 2.24 bits per heavy atom. The molecule has 0 saturated heterocycles. The monoisotopic (exact) mass is 452 g/mol. The SMILES string of the molecule is CN(C)c1ccc(CCCN=C(N)NCCc2ccccc2)cc1.I. The van der Waals surface area contributed by atoms with Gasteiger partial charge in [0.1, 0.15) is 0 Å². The fraction of sp³-hybridized carbons (Fsp3) is 0.350. The lowest BCUT2D eigenvalue weighted by Gasteiger charge is -2.12. The molecule has 4 nitrogen and oxygen atoms in total. The van der Waals surface area contributed by atoms with Gasteiger partial charge in [-0.3, -0.25) is 4.99 Å². The zero-order valence-electron chi connectivity index (χ0n) is 15.1. The molecule has 0 aromatic heterocycles. The van der Waals surface area contributed by atoms with E-state index in [0.29, 0.717) is 5.96 Å². The molecule has 0 atom stereocenters. The van der Waals surface area contributed by atoms with Crippen LogP contribution < -0.4 is 16.0 Å². The van der Waals surface area contributed by atoms with Gasteiger partial charge in [0.25, 0.3) is 0 Å². The van der Waals surface area contributed by atoms with Crippen molar-refractivity contribution in [2.75, 3.05) is 32.1 Å². The Kier molecular flexibility index (Phi) is 9.99. The van der Waals surface area contributed by atoms with Gasteiger partial charge in [-0.25, -0.2) is 0 Å². The zero-order valence-corrected chi connectivity index (χ0v) is 17.4. The lowest BCUT2D eigenvalue weighted by Crippen LogP contribution is -2.33. The first-order chi connectivity index (χ1) is 11.6. The largest absolute Gasteiger partial charge is 0.378 e. The van der Waals surface area contributed by atoms with Gasteiger partial charge in [0.05, 0.1) is 0 Å². The number of nitrogens with two attached hydrogens (primary N) is 1. The van der Waals surface area contributed by atoms with E-state index in [9.17, 15) is 0 Å². The van der Waals surface area contributed by atoms with E-state index in [2.05, 4.69) is 77.8 Å². The van der Waals surface area contributed by atoms with Crippen molar-refractivity contribution in [3.63, 3.8) is 0 Å². The molecule has 0 amide bonds. The molecule has 0 spiro atoms. The van der Waals surface area contributed by atoms with Crippen molar-refractivity contribution in [2.24, 2.45) is 10.7 Å². The molecule has 5 heteroatoms. The molecule has 0 aliphatic rings. The van der Waals surface area contributed by atoms with Gasteiger partial charge in [0.2, 0.25) is 0 Å². The Bertz CT molecular complexity index is 624. The number of aliphatic imine (C=N–C) groups is 1. The molecule has 2 rings (SSSR count). The van der Waals surface area contributed by atoms with Crippen LogP contribution >= 0.6 is 24.0 Å². The molecule has 2 aromatic rings. The highest BCUT2D eigenvalue weighted by atomic mass is 127. The molecular weight excluding hydrogens is 423 g/mol. The van der Waals surface area contributed by atoms with E-state index in [0.717, 1.165) is 32.4 Å². The summed E-state index contributed by atoms with van der Waals surface area (Å²) >= 11 is 0. The van der Waals surface area contributed by atoms with Gasteiger partial charge in [-0.2, -0.15) is 0 Å². The van der Waals surface area contributed by atoms with Gasteiger partial charge >= 0.3 is 0 Å². The summed E-state index contributed by atoms with van der Waals surface area (Å²) < 4.78 is 0. The maximum atomic E-state index is 5.90. The second kappa shape index (κ2) is 11.7. The van der Waals surface area contributed by atoms with E-state index in [4.69, 9.17) is 5.73 Å². The number of nitrogens with zero attached hydrogens (tertiary/aromatic N) is 2. The molecule has 0 heterocycles. The molecule has 0 bridgehead atoms. The highest BCUT2D eigenvalue weighted by Crippen LogP contribution is 2.13. The Balaban J connectivity index is 0.00000312. The maximum Gasteiger partial charge on any atom is 0.188 e. The second-order valence-corrected chi connectivity index (χ2v) is 6.09. The Labute approximate surface area is 168 Å². The number of aryl methyl sites for hydroxylation is 1. The number of anilines is 1. The molecule has 0 aliphatic carbocycles. The fourth-order valence-electron chi connectivity index (χ4n) is 2.48. The number of halogens is 1. The molecule has 0 fully saturated rings. The minimum Gasteiger partial charge on any atom is -0.378 e. The van der Waals surface area contributed by atoms with Crippen LogP contribution in [0.3, 0.4) is 0 Å². The van der Waals surface area contributed by atoms with Crippen LogP contribution in [0.4, 0.5) is 5.69 Å². The number of benzene rings is 2. The van der Waals surface area contributed by atoms with Crippen LogP contribution in [0.1, 0.15) is 17.5 Å². The van der Waals surface area contributed by atoms with E-state index >= 15 is 0 Å². The van der Waals surface area contributed by atoms with Crippen molar-refractivity contribution in [3.8, 4) is 0 Å². The summed E-state index contributed by atoms with van der Waals surface area (Å²) in [6.07, 6.45) is 2.98. The molecular formula is C20H29IN4. The first-order valence-electron chi connectivity index (χ1n) is 8.49. The van der Waals surface area contributed by atoms with Gasteiger partial charge in [-0.05, 0) is 42.5 Å². The zero-order chi connectivity index (χ0) is 17.2. The Morgan fingerprint density at radius 2 is 1.60 bits per heavy atom. The van der Waals surface area contributed by atoms with Crippen LogP contribution in [0.25, 0.3) is 0 Å². The third-order valence-electron chi connectivity index (χ3n) is 3.92. The third kappa shape index (κ3) is 8.25. The summed E-state index contributed by atoms with van der Waals surface area (Å²) in [5.74, 6) is 0.536. The normalized spacial score (nSPS) is 10.9. The summed E-state index contributed by atoms with van der Waals surface area (Å²) in [6, 6.07) is 19.0. The van der Waals surface area contributed by atoms with Crippen LogP contribution in [0, 0.1) is 0 Å². The summed E-state index contributed by atoms with van der Waals surface area (Å²) in [5, 5.41) is 3.17. The lowest BCUT2D eigenvalue weighted by atomic mass is 10.1. The highest BCUT2D eigenvalue weighted by Gasteiger charge is 1.97. The summed E-state index contributed by atoms with van der Waals surface area (Å²) in [6.45, 7) is 1.56. The van der Waals surface area contributed by atoms with Crippen LogP contribution in [0.15, 0.2) is 59.6 Å². The van der Waals surface area contributed by atoms with E-state index in [1.807, 2.05) is 6.07 Å². The van der Waals surface area contributed by atoms with Crippen LogP contribution in [-0.4, -0.2) is 33.1 Å². The van der Waals surface area contributed by atoms with Gasteiger partial charge in [0.15, 0.2) is 5.96 Å². The number of hydrogen-bond acceptors (Lipinski definition) is 2. The quantitative estimate of drug-likeness (QED) is 0.279. The van der Waals surface area contributed by atoms with E-state index < -0.39 is 0 Å². The average Bonchev–Trinajstić information content (AvgIpc) is 2.60. The molecule has 0 radical (unpaired) electrons. The van der Waals surface area contributed by atoms with Crippen molar-refractivity contribution in [1.82, 2.24) is 5.32 Å². The van der Waals surface area contributed by atoms with Crippen LogP contribution in [0.2, 0.25) is 0 Å². The van der Waals surface area contributed by atoms with Crippen LogP contribution in [0.5, 0.6) is 0 Å². The topological polar surface area (TPSA) is 53.6 Å². The predicted molar refractivity (Wildman–Crippen MR) is 119 cm³/mol. The van der Waals surface area contributed by atoms with Crippen molar-refractivity contribution in [2.45, 2.75) is 19.3 Å². The van der Waals surface area contributed by atoms with Gasteiger partial charge in [-0.15, -0.1) is 24.0 Å².